The van der Waals surface area contributed by atoms with Crippen LogP contribution in [0.5, 0.6) is 0 Å². The lowest BCUT2D eigenvalue weighted by Gasteiger charge is -2.09. The number of oxazole rings is 1. The summed E-state index contributed by atoms with van der Waals surface area (Å²) in [6.07, 6.45) is 1.60. The standard InChI is InChI=1S/C12H13FN2OS/c1-8-6-16-12(15-8)17-7-11(14)9-2-4-10(13)5-3-9/h2-6,11H,7,14H2,1H3. The van der Waals surface area contributed by atoms with Crippen LogP contribution < -0.4 is 5.73 Å². The van der Waals surface area contributed by atoms with Gasteiger partial charge in [0.15, 0.2) is 0 Å². The number of nitrogens with two attached hydrogens (primary N) is 1. The molecule has 17 heavy (non-hydrogen) atoms. The van der Waals surface area contributed by atoms with Crippen molar-refractivity contribution in [2.45, 2.75) is 18.2 Å². The van der Waals surface area contributed by atoms with E-state index in [1.165, 1.54) is 23.9 Å². The second-order valence-corrected chi connectivity index (χ2v) is 4.70. The largest absolute Gasteiger partial charge is 0.440 e. The Balaban J connectivity index is 1.93. The van der Waals surface area contributed by atoms with E-state index in [1.54, 1.807) is 18.4 Å². The second kappa shape index (κ2) is 5.33. The molecule has 1 aromatic heterocycles. The van der Waals surface area contributed by atoms with Crippen LogP contribution in [-0.4, -0.2) is 10.7 Å². The van der Waals surface area contributed by atoms with Gasteiger partial charge in [0.2, 0.25) is 0 Å². The van der Waals surface area contributed by atoms with Gasteiger partial charge in [-0.15, -0.1) is 0 Å². The summed E-state index contributed by atoms with van der Waals surface area (Å²) < 4.78 is 17.9. The molecule has 1 aromatic carbocycles. The molecule has 0 saturated heterocycles. The highest BCUT2D eigenvalue weighted by Gasteiger charge is 2.09. The van der Waals surface area contributed by atoms with E-state index in [1.807, 2.05) is 6.92 Å². The minimum Gasteiger partial charge on any atom is -0.440 e. The number of aromatic nitrogens is 1. The normalized spacial score (nSPS) is 12.6. The predicted octanol–water partition coefficient (Wildman–Crippen LogP) is 2.91. The third-order valence-corrected chi connectivity index (χ3v) is 3.24. The second-order valence-electron chi connectivity index (χ2n) is 3.72. The zero-order valence-electron chi connectivity index (χ0n) is 9.39. The van der Waals surface area contributed by atoms with E-state index in [4.69, 9.17) is 10.2 Å². The quantitative estimate of drug-likeness (QED) is 0.850. The van der Waals surface area contributed by atoms with Gasteiger partial charge in [0.05, 0.1) is 5.69 Å². The molecule has 0 bridgehead atoms. The van der Waals surface area contributed by atoms with Crippen LogP contribution in [0.3, 0.4) is 0 Å². The SMILES string of the molecule is Cc1coc(SCC(N)c2ccc(F)cc2)n1. The summed E-state index contributed by atoms with van der Waals surface area (Å²) >= 11 is 1.45. The number of rotatable bonds is 4. The molecule has 0 spiro atoms. The van der Waals surface area contributed by atoms with E-state index in [2.05, 4.69) is 4.98 Å². The van der Waals surface area contributed by atoms with Gasteiger partial charge in [-0.2, -0.15) is 0 Å². The molecule has 2 N–H and O–H groups in total. The predicted molar refractivity (Wildman–Crippen MR) is 65.3 cm³/mol. The minimum atomic E-state index is -0.253. The van der Waals surface area contributed by atoms with Crippen LogP contribution >= 0.6 is 11.8 Å². The first kappa shape index (κ1) is 12.1. The van der Waals surface area contributed by atoms with Crippen LogP contribution in [0, 0.1) is 12.7 Å². The Hall–Kier alpha value is -1.33. The summed E-state index contributed by atoms with van der Waals surface area (Å²) in [4.78, 5) is 4.17. The van der Waals surface area contributed by atoms with Crippen LogP contribution in [0.25, 0.3) is 0 Å². The molecule has 2 rings (SSSR count). The molecule has 0 fully saturated rings. The first-order valence-corrected chi connectivity index (χ1v) is 6.19. The number of aryl methyl sites for hydroxylation is 1. The van der Waals surface area contributed by atoms with Crippen molar-refractivity contribution in [3.8, 4) is 0 Å². The highest BCUT2D eigenvalue weighted by molar-refractivity contribution is 7.99. The van der Waals surface area contributed by atoms with E-state index < -0.39 is 0 Å². The molecule has 0 aliphatic rings. The van der Waals surface area contributed by atoms with Crippen molar-refractivity contribution in [3.05, 3.63) is 47.6 Å². The zero-order valence-corrected chi connectivity index (χ0v) is 10.2. The molecule has 2 aromatic rings. The Morgan fingerprint density at radius 2 is 2.12 bits per heavy atom. The van der Waals surface area contributed by atoms with Crippen molar-refractivity contribution in [2.75, 3.05) is 5.75 Å². The van der Waals surface area contributed by atoms with Gasteiger partial charge in [-0.1, -0.05) is 23.9 Å². The van der Waals surface area contributed by atoms with Gasteiger partial charge in [-0.05, 0) is 24.6 Å². The smallest absolute Gasteiger partial charge is 0.255 e. The Morgan fingerprint density at radius 3 is 2.71 bits per heavy atom. The molecule has 3 nitrogen and oxygen atoms in total. The number of nitrogens with zero attached hydrogens (tertiary/aromatic N) is 1. The number of hydrogen-bond donors (Lipinski definition) is 1. The van der Waals surface area contributed by atoms with Crippen molar-refractivity contribution < 1.29 is 8.81 Å². The maximum Gasteiger partial charge on any atom is 0.255 e. The molecule has 0 aliphatic heterocycles. The van der Waals surface area contributed by atoms with E-state index in [-0.39, 0.29) is 11.9 Å². The van der Waals surface area contributed by atoms with Gasteiger partial charge < -0.3 is 10.2 Å². The van der Waals surface area contributed by atoms with Crippen LogP contribution in [0.4, 0.5) is 4.39 Å². The number of hydrogen-bond acceptors (Lipinski definition) is 4. The lowest BCUT2D eigenvalue weighted by atomic mass is 10.1. The zero-order chi connectivity index (χ0) is 12.3. The van der Waals surface area contributed by atoms with Crippen molar-refractivity contribution in [3.63, 3.8) is 0 Å². The summed E-state index contributed by atoms with van der Waals surface area (Å²) in [5.74, 6) is 0.392. The molecule has 1 atom stereocenters. The van der Waals surface area contributed by atoms with Gasteiger partial charge in [-0.25, -0.2) is 9.37 Å². The molecule has 5 heteroatoms. The van der Waals surface area contributed by atoms with Gasteiger partial charge in [0.25, 0.3) is 5.22 Å². The molecule has 0 radical (unpaired) electrons. The number of benzene rings is 1. The van der Waals surface area contributed by atoms with Gasteiger partial charge >= 0.3 is 0 Å². The molecule has 0 aliphatic carbocycles. The van der Waals surface area contributed by atoms with Crippen LogP contribution in [-0.2, 0) is 0 Å². The van der Waals surface area contributed by atoms with Crippen LogP contribution in [0.15, 0.2) is 40.2 Å². The fraction of sp³-hybridized carbons (Fsp3) is 0.250. The topological polar surface area (TPSA) is 52.0 Å². The monoisotopic (exact) mass is 252 g/mol. The Bertz CT molecular complexity index is 484. The van der Waals surface area contributed by atoms with E-state index in [0.29, 0.717) is 11.0 Å². The summed E-state index contributed by atoms with van der Waals surface area (Å²) in [5, 5.41) is 0.611. The third kappa shape index (κ3) is 3.31. The first-order chi connectivity index (χ1) is 8.15. The molecular formula is C12H13FN2OS. The fourth-order valence-corrected chi connectivity index (χ4v) is 2.21. The Kier molecular flexibility index (Phi) is 3.81. The molecule has 0 saturated carbocycles. The van der Waals surface area contributed by atoms with E-state index in [9.17, 15) is 4.39 Å². The third-order valence-electron chi connectivity index (χ3n) is 2.28. The lowest BCUT2D eigenvalue weighted by Crippen LogP contribution is -2.12. The number of halogens is 1. The van der Waals surface area contributed by atoms with E-state index in [0.717, 1.165) is 11.3 Å². The van der Waals surface area contributed by atoms with E-state index >= 15 is 0 Å². The summed E-state index contributed by atoms with van der Waals surface area (Å²) in [7, 11) is 0. The Labute approximate surface area is 103 Å². The first-order valence-electron chi connectivity index (χ1n) is 5.21. The summed E-state index contributed by atoms with van der Waals surface area (Å²) in [5.41, 5.74) is 7.74. The van der Waals surface area contributed by atoms with Crippen molar-refractivity contribution in [2.24, 2.45) is 5.73 Å². The summed E-state index contributed by atoms with van der Waals surface area (Å²) in [6, 6.07) is 6.06. The molecule has 1 heterocycles. The lowest BCUT2D eigenvalue weighted by molar-refractivity contribution is 0.453. The van der Waals surface area contributed by atoms with Crippen molar-refractivity contribution >= 4 is 11.8 Å². The van der Waals surface area contributed by atoms with Gasteiger partial charge in [0, 0.05) is 11.8 Å². The van der Waals surface area contributed by atoms with Crippen LogP contribution in [0.2, 0.25) is 0 Å². The summed E-state index contributed by atoms with van der Waals surface area (Å²) in [6.45, 7) is 1.87. The number of thioether (sulfide) groups is 1. The highest BCUT2D eigenvalue weighted by atomic mass is 32.2. The van der Waals surface area contributed by atoms with Crippen molar-refractivity contribution in [1.82, 2.24) is 4.98 Å². The van der Waals surface area contributed by atoms with Crippen molar-refractivity contribution in [1.29, 1.82) is 0 Å². The van der Waals surface area contributed by atoms with Gasteiger partial charge in [-0.3, -0.25) is 0 Å². The fourth-order valence-electron chi connectivity index (χ4n) is 1.37. The minimum absolute atomic E-state index is 0.159. The molecular weight excluding hydrogens is 239 g/mol. The van der Waals surface area contributed by atoms with Gasteiger partial charge in [0.1, 0.15) is 12.1 Å². The average Bonchev–Trinajstić information content (AvgIpc) is 2.73. The van der Waals surface area contributed by atoms with Crippen LogP contribution in [0.1, 0.15) is 17.3 Å². The highest BCUT2D eigenvalue weighted by Crippen LogP contribution is 2.22. The Morgan fingerprint density at radius 1 is 1.41 bits per heavy atom. The maximum atomic E-state index is 12.7. The molecule has 1 unspecified atom stereocenters. The average molecular weight is 252 g/mol. The molecule has 90 valence electrons. The maximum absolute atomic E-state index is 12.7. The molecule has 0 amide bonds.